The van der Waals surface area contributed by atoms with Gasteiger partial charge in [-0.2, -0.15) is 13.2 Å². The molecule has 3 aromatic carbocycles. The standard InChI is InChI=1S/C23H16ClF3N2S.BrH/c24-19-11-9-16(10-12-19)14-29-21(17-5-4-6-18(13-17)23(25,26)27)15-30-22(29)28-20-7-2-1-3-8-20;/h1-13,15H,14H2;1H/p-1. The van der Waals surface area contributed by atoms with Crippen molar-refractivity contribution < 1.29 is 30.2 Å². The molecule has 0 fully saturated rings. The van der Waals surface area contributed by atoms with Gasteiger partial charge in [-0.05, 0) is 47.5 Å². The highest BCUT2D eigenvalue weighted by molar-refractivity contribution is 7.07. The summed E-state index contributed by atoms with van der Waals surface area (Å²) in [5.74, 6) is 0. The second kappa shape index (κ2) is 9.85. The lowest BCUT2D eigenvalue weighted by Crippen LogP contribution is -3.00. The fourth-order valence-electron chi connectivity index (χ4n) is 3.04. The molecule has 0 bridgehead atoms. The van der Waals surface area contributed by atoms with Crippen LogP contribution in [0.2, 0.25) is 5.02 Å². The Morgan fingerprint density at radius 1 is 0.903 bits per heavy atom. The molecule has 0 aliphatic carbocycles. The average molecular weight is 525 g/mol. The molecule has 160 valence electrons. The zero-order chi connectivity index (χ0) is 21.1. The van der Waals surface area contributed by atoms with Gasteiger partial charge in [0.15, 0.2) is 4.80 Å². The minimum Gasteiger partial charge on any atom is -1.00 e. The van der Waals surface area contributed by atoms with Crippen molar-refractivity contribution in [2.24, 2.45) is 4.99 Å². The number of hydrogen-bond donors (Lipinski definition) is 0. The quantitative estimate of drug-likeness (QED) is 0.381. The summed E-state index contributed by atoms with van der Waals surface area (Å²) in [6.07, 6.45) is -4.40. The van der Waals surface area contributed by atoms with Gasteiger partial charge >= 0.3 is 6.18 Å². The van der Waals surface area contributed by atoms with E-state index < -0.39 is 11.7 Å². The van der Waals surface area contributed by atoms with E-state index in [1.807, 2.05) is 52.4 Å². The van der Waals surface area contributed by atoms with Crippen LogP contribution in [0.25, 0.3) is 11.3 Å². The third-order valence-electron chi connectivity index (χ3n) is 4.52. The van der Waals surface area contributed by atoms with Crippen LogP contribution in [-0.4, -0.2) is 4.57 Å². The van der Waals surface area contributed by atoms with Crippen LogP contribution in [0.5, 0.6) is 0 Å². The smallest absolute Gasteiger partial charge is 0.416 e. The summed E-state index contributed by atoms with van der Waals surface area (Å²) in [4.78, 5) is 5.40. The van der Waals surface area contributed by atoms with Crippen LogP contribution < -0.4 is 21.8 Å². The molecule has 2 nitrogen and oxygen atoms in total. The van der Waals surface area contributed by atoms with E-state index in [0.717, 1.165) is 17.3 Å². The summed E-state index contributed by atoms with van der Waals surface area (Å²) < 4.78 is 41.6. The molecule has 1 heterocycles. The molecule has 0 aliphatic rings. The van der Waals surface area contributed by atoms with Gasteiger partial charge in [0.25, 0.3) is 0 Å². The molecule has 0 amide bonds. The fourth-order valence-corrected chi connectivity index (χ4v) is 4.10. The molecule has 0 saturated carbocycles. The van der Waals surface area contributed by atoms with Crippen molar-refractivity contribution in [2.45, 2.75) is 12.7 Å². The lowest BCUT2D eigenvalue weighted by atomic mass is 10.1. The van der Waals surface area contributed by atoms with Gasteiger partial charge in [0.2, 0.25) is 0 Å². The van der Waals surface area contributed by atoms with Crippen molar-refractivity contribution in [3.8, 4) is 11.3 Å². The van der Waals surface area contributed by atoms with Crippen LogP contribution in [0.1, 0.15) is 11.1 Å². The normalized spacial score (nSPS) is 11.9. The first-order valence-electron chi connectivity index (χ1n) is 9.10. The summed E-state index contributed by atoms with van der Waals surface area (Å²) in [7, 11) is 0. The van der Waals surface area contributed by atoms with Crippen molar-refractivity contribution in [2.75, 3.05) is 0 Å². The lowest BCUT2D eigenvalue weighted by molar-refractivity contribution is -0.137. The number of nitrogens with zero attached hydrogens (tertiary/aromatic N) is 2. The molecule has 0 radical (unpaired) electrons. The molecule has 0 atom stereocenters. The predicted molar refractivity (Wildman–Crippen MR) is 115 cm³/mol. The molecule has 4 rings (SSSR count). The number of hydrogen-bond acceptors (Lipinski definition) is 2. The van der Waals surface area contributed by atoms with E-state index in [1.54, 1.807) is 18.2 Å². The van der Waals surface area contributed by atoms with Gasteiger partial charge in [-0.25, -0.2) is 4.99 Å². The maximum absolute atomic E-state index is 13.2. The Morgan fingerprint density at radius 3 is 2.29 bits per heavy atom. The number of aromatic nitrogens is 1. The minimum atomic E-state index is -4.40. The molecule has 4 aromatic rings. The topological polar surface area (TPSA) is 17.3 Å². The predicted octanol–water partition coefficient (Wildman–Crippen LogP) is 4.17. The molecule has 1 aromatic heterocycles. The first-order valence-corrected chi connectivity index (χ1v) is 10.4. The van der Waals surface area contributed by atoms with Gasteiger partial charge in [-0.3, -0.25) is 0 Å². The highest BCUT2D eigenvalue weighted by atomic mass is 79.9. The van der Waals surface area contributed by atoms with Crippen molar-refractivity contribution >= 4 is 28.6 Å². The van der Waals surface area contributed by atoms with Gasteiger partial charge < -0.3 is 21.5 Å². The monoisotopic (exact) mass is 523 g/mol. The average Bonchev–Trinajstić information content (AvgIpc) is 3.12. The van der Waals surface area contributed by atoms with Crippen LogP contribution in [-0.2, 0) is 12.7 Å². The second-order valence-corrected chi connectivity index (χ2v) is 7.92. The van der Waals surface area contributed by atoms with Crippen molar-refractivity contribution in [1.29, 1.82) is 0 Å². The summed E-state index contributed by atoms with van der Waals surface area (Å²) in [5, 5.41) is 2.47. The molecule has 0 aliphatic heterocycles. The van der Waals surface area contributed by atoms with Crippen molar-refractivity contribution in [3.63, 3.8) is 0 Å². The first-order chi connectivity index (χ1) is 14.4. The fraction of sp³-hybridized carbons (Fsp3) is 0.0870. The van der Waals surface area contributed by atoms with Gasteiger partial charge in [0.05, 0.1) is 23.5 Å². The van der Waals surface area contributed by atoms with Crippen molar-refractivity contribution in [1.82, 2.24) is 4.57 Å². The SMILES string of the molecule is FC(F)(F)c1cccc(-c2csc(=Nc3ccccc3)n2Cc2ccc(Cl)cc2)c1.[Br-]. The largest absolute Gasteiger partial charge is 1.00 e. The number of benzene rings is 3. The van der Waals surface area contributed by atoms with Gasteiger partial charge in [-0.15, -0.1) is 11.3 Å². The van der Waals surface area contributed by atoms with Gasteiger partial charge in [0, 0.05) is 10.4 Å². The van der Waals surface area contributed by atoms with Crippen LogP contribution >= 0.6 is 22.9 Å². The highest BCUT2D eigenvalue weighted by Gasteiger charge is 2.30. The molecule has 0 spiro atoms. The number of alkyl halides is 3. The maximum atomic E-state index is 13.2. The summed E-state index contributed by atoms with van der Waals surface area (Å²) >= 11 is 7.38. The van der Waals surface area contributed by atoms with Crippen LogP contribution in [0.4, 0.5) is 18.9 Å². The summed E-state index contributed by atoms with van der Waals surface area (Å²) in [5.41, 5.74) is 2.24. The Labute approximate surface area is 197 Å². The summed E-state index contributed by atoms with van der Waals surface area (Å²) in [6.45, 7) is 0.456. The zero-order valence-electron chi connectivity index (χ0n) is 16.0. The molecule has 0 unspecified atom stereocenters. The van der Waals surface area contributed by atoms with E-state index >= 15 is 0 Å². The Balaban J connectivity index is 0.00000272. The molecular formula is C23H16BrClF3N2S-. The second-order valence-electron chi connectivity index (χ2n) is 6.64. The van der Waals surface area contributed by atoms with Crippen LogP contribution in [0.3, 0.4) is 0 Å². The Kier molecular flexibility index (Phi) is 7.41. The first kappa shape index (κ1) is 23.3. The van der Waals surface area contributed by atoms with E-state index in [-0.39, 0.29) is 17.0 Å². The van der Waals surface area contributed by atoms with Crippen LogP contribution in [0, 0.1) is 0 Å². The van der Waals surface area contributed by atoms with Gasteiger partial charge in [-0.1, -0.05) is 54.1 Å². The van der Waals surface area contributed by atoms with Gasteiger partial charge in [0.1, 0.15) is 0 Å². The molecule has 0 N–H and O–H groups in total. The van der Waals surface area contributed by atoms with E-state index in [9.17, 15) is 13.2 Å². The van der Waals surface area contributed by atoms with Crippen LogP contribution in [0.15, 0.2) is 89.2 Å². The third-order valence-corrected chi connectivity index (χ3v) is 5.63. The highest BCUT2D eigenvalue weighted by Crippen LogP contribution is 2.32. The number of rotatable bonds is 4. The number of halogens is 5. The molecule has 31 heavy (non-hydrogen) atoms. The Hall–Kier alpha value is -2.35. The number of para-hydroxylation sites is 1. The van der Waals surface area contributed by atoms with E-state index in [2.05, 4.69) is 0 Å². The lowest BCUT2D eigenvalue weighted by Gasteiger charge is -2.12. The molecule has 0 saturated heterocycles. The van der Waals surface area contributed by atoms with E-state index in [4.69, 9.17) is 16.6 Å². The molecule has 8 heteroatoms. The third kappa shape index (κ3) is 5.67. The minimum absolute atomic E-state index is 0. The number of thiazole rings is 1. The maximum Gasteiger partial charge on any atom is 0.416 e. The van der Waals surface area contributed by atoms with E-state index in [0.29, 0.717) is 27.6 Å². The summed E-state index contributed by atoms with van der Waals surface area (Å²) in [6, 6.07) is 22.2. The zero-order valence-corrected chi connectivity index (χ0v) is 19.1. The Bertz CT molecular complexity index is 1220. The van der Waals surface area contributed by atoms with E-state index in [1.165, 1.54) is 23.5 Å². The molecular weight excluding hydrogens is 509 g/mol. The Morgan fingerprint density at radius 2 is 1.61 bits per heavy atom. The van der Waals surface area contributed by atoms with Crippen molar-refractivity contribution in [3.05, 3.63) is 105 Å².